The summed E-state index contributed by atoms with van der Waals surface area (Å²) in [6.07, 6.45) is 13.2. The summed E-state index contributed by atoms with van der Waals surface area (Å²) in [6.45, 7) is 4.91. The predicted molar refractivity (Wildman–Crippen MR) is 68.4 cm³/mol. The largest absolute Gasteiger partial charge is 1.00 e. The summed E-state index contributed by atoms with van der Waals surface area (Å²) >= 11 is 2.11. The SMILES string of the molecule is CCCOC1(OC2=[C]([Ti+2])CC=C2)CC=CC=C1C.[Cl-].[Cl-]. The number of hydrogen-bond donors (Lipinski definition) is 0. The molecule has 109 valence electrons. The quantitative estimate of drug-likeness (QED) is 0.413. The molecule has 5 heteroatoms. The summed E-state index contributed by atoms with van der Waals surface area (Å²) in [5.41, 5.74) is 1.14. The molecule has 0 fully saturated rings. The third-order valence-electron chi connectivity index (χ3n) is 3.17. The van der Waals surface area contributed by atoms with Crippen molar-refractivity contribution in [3.05, 3.63) is 45.6 Å². The topological polar surface area (TPSA) is 18.5 Å². The minimum atomic E-state index is -0.601. The molecule has 1 unspecified atom stereocenters. The van der Waals surface area contributed by atoms with Crippen LogP contribution in [-0.4, -0.2) is 12.4 Å². The molecule has 0 saturated heterocycles. The Morgan fingerprint density at radius 2 is 2.05 bits per heavy atom. The molecule has 0 aromatic carbocycles. The summed E-state index contributed by atoms with van der Waals surface area (Å²) < 4.78 is 13.5. The predicted octanol–water partition coefficient (Wildman–Crippen LogP) is -2.24. The van der Waals surface area contributed by atoms with Crippen molar-refractivity contribution < 1.29 is 54.7 Å². The standard InChI is InChI=1S/C15H19O2.2ClH.Ti/c1-3-12-16-15(11-7-6-8-13(15)2)17-14-9-4-5-10-14;;;/h4,6-9H,3,5,11-12H2,1-2H3;2*1H;/q;;;+2/p-2. The molecule has 2 aliphatic rings. The van der Waals surface area contributed by atoms with Crippen molar-refractivity contribution in [3.63, 3.8) is 0 Å². The zero-order chi connectivity index (χ0) is 13.0. The zero-order valence-corrected chi connectivity index (χ0v) is 14.9. The van der Waals surface area contributed by atoms with Gasteiger partial charge in [-0.2, -0.15) is 0 Å². The van der Waals surface area contributed by atoms with E-state index in [1.54, 1.807) is 0 Å². The molecule has 0 bridgehead atoms. The molecule has 0 saturated carbocycles. The van der Waals surface area contributed by atoms with Gasteiger partial charge in [-0.05, 0) is 0 Å². The van der Waals surface area contributed by atoms with Crippen molar-refractivity contribution in [2.75, 3.05) is 6.61 Å². The molecule has 0 amide bonds. The average molecular weight is 350 g/mol. The van der Waals surface area contributed by atoms with Crippen LogP contribution in [0.3, 0.4) is 0 Å². The average Bonchev–Trinajstić information content (AvgIpc) is 2.76. The summed E-state index contributed by atoms with van der Waals surface area (Å²) in [5, 5.41) is 0. The maximum absolute atomic E-state index is 6.22. The third-order valence-corrected chi connectivity index (χ3v) is 3.88. The van der Waals surface area contributed by atoms with Gasteiger partial charge in [-0.3, -0.25) is 0 Å². The van der Waals surface area contributed by atoms with E-state index in [4.69, 9.17) is 9.47 Å². The van der Waals surface area contributed by atoms with E-state index in [-0.39, 0.29) is 24.8 Å². The minimum absolute atomic E-state index is 0. The minimum Gasteiger partial charge on any atom is -1.00 e. The van der Waals surface area contributed by atoms with Gasteiger partial charge in [0.1, 0.15) is 0 Å². The van der Waals surface area contributed by atoms with Gasteiger partial charge in [0.2, 0.25) is 0 Å². The molecule has 1 atom stereocenters. The van der Waals surface area contributed by atoms with Crippen LogP contribution in [0.5, 0.6) is 0 Å². The fourth-order valence-electron chi connectivity index (χ4n) is 2.07. The van der Waals surface area contributed by atoms with Crippen molar-refractivity contribution in [1.29, 1.82) is 0 Å². The molecule has 2 rings (SSSR count). The summed E-state index contributed by atoms with van der Waals surface area (Å²) in [6, 6.07) is 0. The van der Waals surface area contributed by atoms with E-state index in [9.17, 15) is 0 Å². The molecule has 0 aromatic heterocycles. The van der Waals surface area contributed by atoms with E-state index in [0.29, 0.717) is 0 Å². The van der Waals surface area contributed by atoms with Gasteiger partial charge in [0.25, 0.3) is 0 Å². The smallest absolute Gasteiger partial charge is 1.00 e. The number of allylic oxidation sites excluding steroid dienone is 5. The zero-order valence-electron chi connectivity index (χ0n) is 11.8. The van der Waals surface area contributed by atoms with Gasteiger partial charge < -0.3 is 24.8 Å². The molecule has 0 aliphatic heterocycles. The molecular weight excluding hydrogens is 331 g/mol. The van der Waals surface area contributed by atoms with Gasteiger partial charge in [-0.15, -0.1) is 0 Å². The second-order valence-corrected chi connectivity index (χ2v) is 5.58. The van der Waals surface area contributed by atoms with Gasteiger partial charge in [-0.1, -0.05) is 0 Å². The van der Waals surface area contributed by atoms with Gasteiger partial charge in [-0.25, -0.2) is 0 Å². The molecule has 0 heterocycles. The van der Waals surface area contributed by atoms with Crippen LogP contribution in [0.15, 0.2) is 45.6 Å². The Balaban J connectivity index is 0.00000180. The fraction of sp³-hybridized carbons (Fsp3) is 0.467. The molecule has 0 N–H and O–H groups in total. The van der Waals surface area contributed by atoms with Gasteiger partial charge in [0.15, 0.2) is 0 Å². The van der Waals surface area contributed by atoms with Crippen molar-refractivity contribution in [1.82, 2.24) is 0 Å². The Bertz CT molecular complexity index is 441. The van der Waals surface area contributed by atoms with E-state index >= 15 is 0 Å². The van der Waals surface area contributed by atoms with Crippen molar-refractivity contribution >= 4 is 0 Å². The molecule has 0 aromatic rings. The third kappa shape index (κ3) is 4.51. The summed E-state index contributed by atoms with van der Waals surface area (Å²) in [7, 11) is 0. The Labute approximate surface area is 145 Å². The van der Waals surface area contributed by atoms with E-state index in [0.717, 1.165) is 37.2 Å². The Hall–Kier alpha value is 0.0143. The first-order chi connectivity index (χ1) is 8.68. The first kappa shape index (κ1) is 20.0. The molecule has 2 nitrogen and oxygen atoms in total. The Kier molecular flexibility index (Phi) is 9.12. The number of hydrogen-bond acceptors (Lipinski definition) is 2. The van der Waals surface area contributed by atoms with Crippen molar-refractivity contribution in [3.8, 4) is 0 Å². The molecule has 0 radical (unpaired) electrons. The van der Waals surface area contributed by atoms with Crippen molar-refractivity contribution in [2.45, 2.75) is 38.9 Å². The van der Waals surface area contributed by atoms with E-state index < -0.39 is 5.79 Å². The monoisotopic (exact) mass is 349 g/mol. The van der Waals surface area contributed by atoms with E-state index in [1.165, 1.54) is 3.88 Å². The van der Waals surface area contributed by atoms with Crippen molar-refractivity contribution in [2.24, 2.45) is 0 Å². The van der Waals surface area contributed by atoms with Crippen LogP contribution < -0.4 is 24.8 Å². The molecule has 20 heavy (non-hydrogen) atoms. The summed E-state index contributed by atoms with van der Waals surface area (Å²) in [5.74, 6) is 0.366. The second-order valence-electron chi connectivity index (χ2n) is 4.63. The van der Waals surface area contributed by atoms with E-state index in [2.05, 4.69) is 64.7 Å². The van der Waals surface area contributed by atoms with Gasteiger partial charge in [0.05, 0.1) is 0 Å². The first-order valence-electron chi connectivity index (χ1n) is 6.46. The fourth-order valence-corrected chi connectivity index (χ4v) is 2.47. The second kappa shape index (κ2) is 9.12. The normalized spacial score (nSPS) is 24.1. The van der Waals surface area contributed by atoms with Crippen LogP contribution >= 0.6 is 0 Å². The van der Waals surface area contributed by atoms with Gasteiger partial charge >= 0.3 is 121 Å². The van der Waals surface area contributed by atoms with Crippen LogP contribution in [0, 0.1) is 0 Å². The van der Waals surface area contributed by atoms with Crippen LogP contribution in [-0.2, 0) is 29.9 Å². The summed E-state index contributed by atoms with van der Waals surface area (Å²) in [4.78, 5) is 0. The maximum atomic E-state index is 6.22. The molecule has 0 spiro atoms. The number of rotatable bonds is 5. The van der Waals surface area contributed by atoms with Crippen LogP contribution in [0.2, 0.25) is 0 Å². The van der Waals surface area contributed by atoms with E-state index in [1.807, 2.05) is 0 Å². The van der Waals surface area contributed by atoms with Gasteiger partial charge in [0, 0.05) is 0 Å². The van der Waals surface area contributed by atoms with Crippen LogP contribution in [0.1, 0.15) is 33.1 Å². The van der Waals surface area contributed by atoms with Crippen LogP contribution in [0.25, 0.3) is 0 Å². The maximum Gasteiger partial charge on any atom is -1.00 e. The molecule has 2 aliphatic carbocycles. The number of ether oxygens (including phenoxy) is 2. The Morgan fingerprint density at radius 1 is 1.30 bits per heavy atom. The first-order valence-corrected chi connectivity index (χ1v) is 7.24. The molecular formula is C15H19Cl2O2Ti. The van der Waals surface area contributed by atoms with Crippen LogP contribution in [0.4, 0.5) is 0 Å². The Morgan fingerprint density at radius 3 is 2.60 bits per heavy atom. The number of halogens is 2.